The highest BCUT2D eigenvalue weighted by atomic mass is 127. The number of piperazine rings is 1. The Kier molecular flexibility index (Phi) is 8.27. The average molecular weight is 492 g/mol. The molecule has 8 heteroatoms. The van der Waals surface area contributed by atoms with Gasteiger partial charge in [0, 0.05) is 50.0 Å². The first-order valence-corrected chi connectivity index (χ1v) is 9.34. The van der Waals surface area contributed by atoms with Gasteiger partial charge in [-0.15, -0.1) is 24.0 Å². The summed E-state index contributed by atoms with van der Waals surface area (Å²) in [7, 11) is 0. The molecule has 2 aliphatic heterocycles. The molecule has 26 heavy (non-hydrogen) atoms. The molecule has 1 aromatic carbocycles. The third-order valence-electron chi connectivity index (χ3n) is 4.88. The predicted octanol–water partition coefficient (Wildman–Crippen LogP) is 2.41. The molecule has 0 unspecified atom stereocenters. The molecule has 0 aromatic heterocycles. The highest BCUT2D eigenvalue weighted by Gasteiger charge is 2.20. The van der Waals surface area contributed by atoms with Crippen molar-refractivity contribution in [2.45, 2.75) is 19.3 Å². The lowest BCUT2D eigenvalue weighted by molar-refractivity contribution is -0.130. The topological polar surface area (TPSA) is 65.2 Å². The number of carbonyl (C=O) groups is 1. The fourth-order valence-electron chi connectivity index (χ4n) is 3.34. The van der Waals surface area contributed by atoms with Gasteiger partial charge in [-0.05, 0) is 43.5 Å². The molecule has 2 saturated heterocycles. The first-order chi connectivity index (χ1) is 12.1. The molecule has 2 aliphatic rings. The third-order valence-corrected chi connectivity index (χ3v) is 5.13. The van der Waals surface area contributed by atoms with Crippen LogP contribution in [0.15, 0.2) is 29.3 Å². The molecule has 1 aromatic rings. The highest BCUT2D eigenvalue weighted by molar-refractivity contribution is 14.0. The molecule has 0 aliphatic carbocycles. The van der Waals surface area contributed by atoms with Crippen LogP contribution < -0.4 is 10.6 Å². The Labute approximate surface area is 177 Å². The third kappa shape index (κ3) is 5.64. The number of hydrogen-bond acceptors (Lipinski definition) is 3. The number of guanidine groups is 1. The molecular formula is C18H27ClIN5O. The van der Waals surface area contributed by atoms with Crippen molar-refractivity contribution in [1.29, 1.82) is 0 Å². The van der Waals surface area contributed by atoms with Crippen molar-refractivity contribution in [2.24, 2.45) is 10.7 Å². The Morgan fingerprint density at radius 1 is 0.962 bits per heavy atom. The standard InChI is InChI=1S/C18H26ClN5O.HI/c19-15-4-6-16(7-5-15)22-10-12-24(13-11-22)18(20)21-14-17(25)23-8-2-1-3-9-23;/h4-7H,1-3,8-14H2,(H2,20,21);1H. The summed E-state index contributed by atoms with van der Waals surface area (Å²) < 4.78 is 0. The fraction of sp³-hybridized carbons (Fsp3) is 0.556. The number of hydrogen-bond donors (Lipinski definition) is 1. The number of amides is 1. The van der Waals surface area contributed by atoms with Crippen LogP contribution in [0.5, 0.6) is 0 Å². The van der Waals surface area contributed by atoms with Crippen molar-refractivity contribution in [1.82, 2.24) is 9.80 Å². The molecule has 2 fully saturated rings. The summed E-state index contributed by atoms with van der Waals surface area (Å²) in [6, 6.07) is 7.88. The second-order valence-corrected chi connectivity index (χ2v) is 7.00. The van der Waals surface area contributed by atoms with E-state index in [4.69, 9.17) is 17.3 Å². The smallest absolute Gasteiger partial charge is 0.244 e. The normalized spacial score (nSPS) is 18.5. The molecule has 0 atom stereocenters. The van der Waals surface area contributed by atoms with Gasteiger partial charge in [0.1, 0.15) is 6.54 Å². The first kappa shape index (κ1) is 21.1. The van der Waals surface area contributed by atoms with Crippen molar-refractivity contribution in [2.75, 3.05) is 50.7 Å². The largest absolute Gasteiger partial charge is 0.370 e. The van der Waals surface area contributed by atoms with Gasteiger partial charge < -0.3 is 20.4 Å². The van der Waals surface area contributed by atoms with Crippen LogP contribution in [0.2, 0.25) is 5.02 Å². The molecule has 144 valence electrons. The van der Waals surface area contributed by atoms with Crippen LogP contribution in [0.4, 0.5) is 5.69 Å². The number of nitrogens with zero attached hydrogens (tertiary/aromatic N) is 4. The quantitative estimate of drug-likeness (QED) is 0.401. The molecule has 6 nitrogen and oxygen atoms in total. The minimum absolute atomic E-state index is 0. The molecular weight excluding hydrogens is 465 g/mol. The van der Waals surface area contributed by atoms with Crippen molar-refractivity contribution in [3.8, 4) is 0 Å². The number of rotatable bonds is 3. The molecule has 0 saturated carbocycles. The number of carbonyl (C=O) groups excluding carboxylic acids is 1. The Morgan fingerprint density at radius 2 is 1.58 bits per heavy atom. The lowest BCUT2D eigenvalue weighted by Crippen LogP contribution is -2.51. The highest BCUT2D eigenvalue weighted by Crippen LogP contribution is 2.19. The van der Waals surface area contributed by atoms with Gasteiger partial charge in [-0.3, -0.25) is 4.79 Å². The van der Waals surface area contributed by atoms with E-state index < -0.39 is 0 Å². The van der Waals surface area contributed by atoms with E-state index in [0.29, 0.717) is 5.96 Å². The maximum absolute atomic E-state index is 12.2. The van der Waals surface area contributed by atoms with E-state index in [9.17, 15) is 4.79 Å². The molecule has 0 radical (unpaired) electrons. The summed E-state index contributed by atoms with van der Waals surface area (Å²) in [5.41, 5.74) is 7.27. The Hall–Kier alpha value is -1.22. The Balaban J connectivity index is 0.00000243. The van der Waals surface area contributed by atoms with Gasteiger partial charge in [0.2, 0.25) is 5.91 Å². The van der Waals surface area contributed by atoms with E-state index in [-0.39, 0.29) is 36.4 Å². The summed E-state index contributed by atoms with van der Waals surface area (Å²) in [6.07, 6.45) is 3.41. The summed E-state index contributed by atoms with van der Waals surface area (Å²) >= 11 is 5.94. The van der Waals surface area contributed by atoms with Gasteiger partial charge in [0.05, 0.1) is 0 Å². The van der Waals surface area contributed by atoms with Gasteiger partial charge >= 0.3 is 0 Å². The maximum atomic E-state index is 12.2. The molecule has 2 N–H and O–H groups in total. The second kappa shape index (κ2) is 10.2. The summed E-state index contributed by atoms with van der Waals surface area (Å²) in [6.45, 7) is 5.22. The van der Waals surface area contributed by atoms with Gasteiger partial charge in [-0.25, -0.2) is 4.99 Å². The Morgan fingerprint density at radius 3 is 2.19 bits per heavy atom. The van der Waals surface area contributed by atoms with Crippen LogP contribution in [-0.2, 0) is 4.79 Å². The number of likely N-dealkylation sites (tertiary alicyclic amines) is 1. The molecule has 3 rings (SSSR count). The van der Waals surface area contributed by atoms with Gasteiger partial charge in [-0.2, -0.15) is 0 Å². The van der Waals surface area contributed by atoms with Crippen LogP contribution >= 0.6 is 35.6 Å². The van der Waals surface area contributed by atoms with Crippen molar-refractivity contribution >= 4 is 53.1 Å². The minimum atomic E-state index is 0. The van der Waals surface area contributed by atoms with Crippen molar-refractivity contribution in [3.63, 3.8) is 0 Å². The van der Waals surface area contributed by atoms with Crippen molar-refractivity contribution < 1.29 is 4.79 Å². The molecule has 0 bridgehead atoms. The number of anilines is 1. The van der Waals surface area contributed by atoms with Crippen LogP contribution in [0.3, 0.4) is 0 Å². The number of halogens is 2. The van der Waals surface area contributed by atoms with Gasteiger partial charge in [0.15, 0.2) is 5.96 Å². The zero-order chi connectivity index (χ0) is 17.6. The second-order valence-electron chi connectivity index (χ2n) is 6.57. The van der Waals surface area contributed by atoms with Crippen LogP contribution in [0.25, 0.3) is 0 Å². The lowest BCUT2D eigenvalue weighted by atomic mass is 10.1. The van der Waals surface area contributed by atoms with E-state index in [1.54, 1.807) is 0 Å². The maximum Gasteiger partial charge on any atom is 0.244 e. The summed E-state index contributed by atoms with van der Waals surface area (Å²) in [5.74, 6) is 0.559. The molecule has 1 amide bonds. The van der Waals surface area contributed by atoms with Crippen LogP contribution in [0, 0.1) is 0 Å². The fourth-order valence-corrected chi connectivity index (χ4v) is 3.46. The predicted molar refractivity (Wildman–Crippen MR) is 118 cm³/mol. The van der Waals surface area contributed by atoms with E-state index >= 15 is 0 Å². The van der Waals surface area contributed by atoms with Gasteiger partial charge in [-0.1, -0.05) is 11.6 Å². The van der Waals surface area contributed by atoms with Crippen LogP contribution in [0.1, 0.15) is 19.3 Å². The van der Waals surface area contributed by atoms with Crippen molar-refractivity contribution in [3.05, 3.63) is 29.3 Å². The molecule has 0 spiro atoms. The zero-order valence-electron chi connectivity index (χ0n) is 14.9. The first-order valence-electron chi connectivity index (χ1n) is 8.96. The number of piperidine rings is 1. The Bertz CT molecular complexity index is 611. The summed E-state index contributed by atoms with van der Waals surface area (Å²) in [4.78, 5) is 22.8. The molecule has 2 heterocycles. The monoisotopic (exact) mass is 491 g/mol. The van der Waals surface area contributed by atoms with E-state index in [0.717, 1.165) is 57.1 Å². The number of benzene rings is 1. The number of nitrogens with two attached hydrogens (primary N) is 1. The SMILES string of the molecule is I.NC(=NCC(=O)N1CCCCC1)N1CCN(c2ccc(Cl)cc2)CC1. The average Bonchev–Trinajstić information content (AvgIpc) is 2.67. The van der Waals surface area contributed by atoms with E-state index in [1.165, 1.54) is 12.1 Å². The van der Waals surface area contributed by atoms with E-state index in [1.807, 2.05) is 29.2 Å². The zero-order valence-corrected chi connectivity index (χ0v) is 18.0. The minimum Gasteiger partial charge on any atom is -0.370 e. The number of aliphatic imine (C=N–C) groups is 1. The van der Waals surface area contributed by atoms with E-state index in [2.05, 4.69) is 14.8 Å². The van der Waals surface area contributed by atoms with Gasteiger partial charge in [0.25, 0.3) is 0 Å². The van der Waals surface area contributed by atoms with Crippen LogP contribution in [-0.4, -0.2) is 67.5 Å². The lowest BCUT2D eigenvalue weighted by Gasteiger charge is -2.36. The summed E-state index contributed by atoms with van der Waals surface area (Å²) in [5, 5.41) is 0.747.